The summed E-state index contributed by atoms with van der Waals surface area (Å²) in [6.45, 7) is 1.66. The molecule has 25 heavy (non-hydrogen) atoms. The second-order valence-corrected chi connectivity index (χ2v) is 9.87. The minimum atomic E-state index is -3.43. The molecule has 0 aliphatic carbocycles. The highest BCUT2D eigenvalue weighted by molar-refractivity contribution is 8.01. The quantitative estimate of drug-likeness (QED) is 0.793. The number of rotatable bonds is 5. The summed E-state index contributed by atoms with van der Waals surface area (Å²) in [6, 6.07) is 7.14. The topological polar surface area (TPSA) is 72.4 Å². The maximum Gasteiger partial charge on any atom is 0.244 e. The van der Waals surface area contributed by atoms with Crippen LogP contribution < -0.4 is 0 Å². The molecule has 1 atom stereocenters. The second-order valence-electron chi connectivity index (χ2n) is 6.45. The van der Waals surface area contributed by atoms with Crippen LogP contribution in [0.3, 0.4) is 0 Å². The van der Waals surface area contributed by atoms with E-state index in [9.17, 15) is 8.42 Å². The lowest BCUT2D eigenvalue weighted by atomic mass is 9.95. The molecule has 2 aliphatic rings. The van der Waals surface area contributed by atoms with E-state index in [1.54, 1.807) is 35.0 Å². The van der Waals surface area contributed by atoms with E-state index >= 15 is 0 Å². The van der Waals surface area contributed by atoms with Crippen LogP contribution in [-0.2, 0) is 21.4 Å². The smallest absolute Gasteiger partial charge is 0.244 e. The molecule has 0 radical (unpaired) electrons. The summed E-state index contributed by atoms with van der Waals surface area (Å²) in [4.78, 5) is 8.17. The predicted octanol–water partition coefficient (Wildman–Crippen LogP) is 1.94. The van der Waals surface area contributed by atoms with Crippen molar-refractivity contribution in [3.8, 4) is 0 Å². The minimum absolute atomic E-state index is 0.00180. The van der Waals surface area contributed by atoms with E-state index in [2.05, 4.69) is 9.97 Å². The summed E-state index contributed by atoms with van der Waals surface area (Å²) in [5.74, 6) is 0.909. The lowest BCUT2D eigenvalue weighted by Crippen LogP contribution is -2.60. The molecule has 4 rings (SSSR count). The zero-order chi connectivity index (χ0) is 17.3. The highest BCUT2D eigenvalue weighted by atomic mass is 32.2. The third kappa shape index (κ3) is 3.44. The molecular formula is C17H19N3O3S2. The maximum absolute atomic E-state index is 12.6. The van der Waals surface area contributed by atoms with Gasteiger partial charge in [0.25, 0.3) is 0 Å². The molecule has 0 unspecified atom stereocenters. The van der Waals surface area contributed by atoms with Crippen molar-refractivity contribution < 1.29 is 13.2 Å². The molecule has 4 heterocycles. The van der Waals surface area contributed by atoms with Gasteiger partial charge in [-0.05, 0) is 36.2 Å². The highest BCUT2D eigenvalue weighted by Crippen LogP contribution is 2.47. The van der Waals surface area contributed by atoms with Gasteiger partial charge in [-0.15, -0.1) is 11.8 Å². The van der Waals surface area contributed by atoms with Crippen molar-refractivity contribution >= 4 is 21.8 Å². The Balaban J connectivity index is 1.33. The Morgan fingerprint density at radius 1 is 1.20 bits per heavy atom. The Labute approximate surface area is 151 Å². The standard InChI is InChI=1S/C17H19N3O3S2/c21-25(22,16-2-1-5-19-9-16)20-12-17(13-20)8-15(11-24-17)23-10-14-3-6-18-7-4-14/h1-7,9,15H,8,10-13H2/t15-/m1/s1. The zero-order valence-electron chi connectivity index (χ0n) is 13.6. The van der Waals surface area contributed by atoms with Crippen LogP contribution in [0.25, 0.3) is 0 Å². The number of pyridine rings is 2. The Bertz CT molecular complexity index is 825. The van der Waals surface area contributed by atoms with E-state index in [-0.39, 0.29) is 15.7 Å². The summed E-state index contributed by atoms with van der Waals surface area (Å²) in [5.41, 5.74) is 1.11. The number of nitrogens with zero attached hydrogens (tertiary/aromatic N) is 3. The van der Waals surface area contributed by atoms with E-state index in [4.69, 9.17) is 4.74 Å². The Kier molecular flexibility index (Phi) is 4.53. The van der Waals surface area contributed by atoms with E-state index in [1.165, 1.54) is 6.20 Å². The number of sulfonamides is 1. The number of ether oxygens (including phenoxy) is 1. The van der Waals surface area contributed by atoms with Crippen molar-refractivity contribution in [1.29, 1.82) is 0 Å². The molecular weight excluding hydrogens is 358 g/mol. The summed E-state index contributed by atoms with van der Waals surface area (Å²) >= 11 is 1.83. The molecule has 2 aromatic heterocycles. The average Bonchev–Trinajstić information content (AvgIpc) is 3.05. The van der Waals surface area contributed by atoms with Gasteiger partial charge in [0.2, 0.25) is 10.0 Å². The van der Waals surface area contributed by atoms with Crippen molar-refractivity contribution in [2.75, 3.05) is 18.8 Å². The van der Waals surface area contributed by atoms with E-state index in [0.717, 1.165) is 17.7 Å². The van der Waals surface area contributed by atoms with Crippen LogP contribution in [-0.4, -0.2) is 52.4 Å². The van der Waals surface area contributed by atoms with Gasteiger partial charge in [-0.3, -0.25) is 9.97 Å². The summed E-state index contributed by atoms with van der Waals surface area (Å²) in [7, 11) is -3.43. The number of hydrogen-bond donors (Lipinski definition) is 0. The molecule has 132 valence electrons. The molecule has 0 amide bonds. The molecule has 0 N–H and O–H groups in total. The SMILES string of the molecule is O=S(=O)(c1cccnc1)N1CC2(C[C@@H](OCc3ccncc3)CS2)C1. The van der Waals surface area contributed by atoms with Crippen molar-refractivity contribution in [3.63, 3.8) is 0 Å². The summed E-state index contributed by atoms with van der Waals surface area (Å²) in [6.07, 6.45) is 7.56. The summed E-state index contributed by atoms with van der Waals surface area (Å²) in [5, 5.41) is 0. The van der Waals surface area contributed by atoms with Crippen molar-refractivity contribution in [3.05, 3.63) is 54.6 Å². The molecule has 0 aromatic carbocycles. The fourth-order valence-corrected chi connectivity index (χ4v) is 6.53. The van der Waals surface area contributed by atoms with E-state index in [0.29, 0.717) is 19.7 Å². The van der Waals surface area contributed by atoms with Crippen LogP contribution in [0.2, 0.25) is 0 Å². The second kappa shape index (κ2) is 6.68. The Morgan fingerprint density at radius 3 is 2.72 bits per heavy atom. The molecule has 0 saturated carbocycles. The number of thioether (sulfide) groups is 1. The van der Waals surface area contributed by atoms with Gasteiger partial charge in [0, 0.05) is 48.4 Å². The predicted molar refractivity (Wildman–Crippen MR) is 95.6 cm³/mol. The molecule has 2 fully saturated rings. The zero-order valence-corrected chi connectivity index (χ0v) is 15.2. The first-order chi connectivity index (χ1) is 12.1. The molecule has 2 aliphatic heterocycles. The maximum atomic E-state index is 12.6. The summed E-state index contributed by atoms with van der Waals surface area (Å²) < 4.78 is 32.7. The first kappa shape index (κ1) is 17.0. The first-order valence-corrected chi connectivity index (χ1v) is 10.5. The normalized spacial score (nSPS) is 22.8. The van der Waals surface area contributed by atoms with Crippen LogP contribution in [0.1, 0.15) is 12.0 Å². The number of hydrogen-bond acceptors (Lipinski definition) is 6. The van der Waals surface area contributed by atoms with Crippen molar-refractivity contribution in [1.82, 2.24) is 14.3 Å². The third-order valence-corrected chi connectivity index (χ3v) is 7.96. The van der Waals surface area contributed by atoms with Crippen LogP contribution in [0.15, 0.2) is 53.9 Å². The monoisotopic (exact) mass is 377 g/mol. The highest BCUT2D eigenvalue weighted by Gasteiger charge is 2.53. The molecule has 2 aromatic rings. The fourth-order valence-electron chi connectivity index (χ4n) is 3.24. The van der Waals surface area contributed by atoms with Gasteiger partial charge in [-0.2, -0.15) is 4.31 Å². The Hall–Kier alpha value is -1.48. The average molecular weight is 377 g/mol. The minimum Gasteiger partial charge on any atom is -0.373 e. The van der Waals surface area contributed by atoms with Gasteiger partial charge in [-0.25, -0.2) is 8.42 Å². The van der Waals surface area contributed by atoms with Crippen LogP contribution in [0.5, 0.6) is 0 Å². The van der Waals surface area contributed by atoms with Gasteiger partial charge < -0.3 is 4.74 Å². The van der Waals surface area contributed by atoms with Gasteiger partial charge in [0.05, 0.1) is 12.7 Å². The van der Waals surface area contributed by atoms with E-state index in [1.807, 2.05) is 23.9 Å². The molecule has 6 nitrogen and oxygen atoms in total. The molecule has 8 heteroatoms. The van der Waals surface area contributed by atoms with Crippen LogP contribution in [0, 0.1) is 0 Å². The van der Waals surface area contributed by atoms with Crippen molar-refractivity contribution in [2.45, 2.75) is 28.8 Å². The largest absolute Gasteiger partial charge is 0.373 e. The van der Waals surface area contributed by atoms with Crippen LogP contribution in [0.4, 0.5) is 0 Å². The molecule has 2 saturated heterocycles. The molecule has 1 spiro atoms. The first-order valence-electron chi connectivity index (χ1n) is 8.12. The van der Waals surface area contributed by atoms with Crippen molar-refractivity contribution in [2.24, 2.45) is 0 Å². The molecule has 0 bridgehead atoms. The third-order valence-electron chi connectivity index (χ3n) is 4.61. The van der Waals surface area contributed by atoms with E-state index < -0.39 is 10.0 Å². The Morgan fingerprint density at radius 2 is 2.00 bits per heavy atom. The van der Waals surface area contributed by atoms with Gasteiger partial charge in [0.1, 0.15) is 4.90 Å². The van der Waals surface area contributed by atoms with Crippen LogP contribution >= 0.6 is 11.8 Å². The lowest BCUT2D eigenvalue weighted by molar-refractivity contribution is 0.0397. The lowest BCUT2D eigenvalue weighted by Gasteiger charge is -2.46. The van der Waals surface area contributed by atoms with Gasteiger partial charge >= 0.3 is 0 Å². The van der Waals surface area contributed by atoms with Gasteiger partial charge in [-0.1, -0.05) is 0 Å². The van der Waals surface area contributed by atoms with Gasteiger partial charge in [0.15, 0.2) is 0 Å². The fraction of sp³-hybridized carbons (Fsp3) is 0.412. The number of aromatic nitrogens is 2.